The van der Waals surface area contributed by atoms with Gasteiger partial charge in [-0.3, -0.25) is 4.90 Å². The fraction of sp³-hybridized carbons (Fsp3) is 0.667. The van der Waals surface area contributed by atoms with Crippen LogP contribution in [0.25, 0.3) is 0 Å². The Morgan fingerprint density at radius 2 is 1.76 bits per heavy atom. The van der Waals surface area contributed by atoms with E-state index in [9.17, 15) is 0 Å². The Morgan fingerprint density at radius 1 is 1.05 bits per heavy atom. The maximum absolute atomic E-state index is 6.01. The summed E-state index contributed by atoms with van der Waals surface area (Å²) in [6.07, 6.45) is 5.33. The summed E-state index contributed by atoms with van der Waals surface area (Å²) in [6.45, 7) is 4.31. The minimum Gasteiger partial charge on any atom is -0.329 e. The van der Waals surface area contributed by atoms with E-state index in [-0.39, 0.29) is 0 Å². The summed E-state index contributed by atoms with van der Waals surface area (Å²) in [5, 5.41) is 0. The van der Waals surface area contributed by atoms with E-state index in [0.717, 1.165) is 25.0 Å². The maximum atomic E-state index is 6.01. The highest BCUT2D eigenvalue weighted by Gasteiger charge is 2.32. The van der Waals surface area contributed by atoms with Crippen LogP contribution in [-0.4, -0.2) is 55.1 Å². The molecule has 0 spiro atoms. The molecule has 0 bridgehead atoms. The van der Waals surface area contributed by atoms with Crippen molar-refractivity contribution < 1.29 is 0 Å². The van der Waals surface area contributed by atoms with Crippen LogP contribution in [0.3, 0.4) is 0 Å². The standard InChI is InChI=1S/C18H29N3/c1-20-11-12-21(18(13-19)14-20)17-9-7-16(8-10-17)15-5-3-2-4-6-15/h2-6,16-18H,7-14,19H2,1H3. The van der Waals surface area contributed by atoms with Gasteiger partial charge < -0.3 is 10.6 Å². The van der Waals surface area contributed by atoms with Crippen LogP contribution in [-0.2, 0) is 0 Å². The summed E-state index contributed by atoms with van der Waals surface area (Å²) in [6, 6.07) is 12.4. The van der Waals surface area contributed by atoms with E-state index < -0.39 is 0 Å². The molecule has 2 aliphatic rings. The van der Waals surface area contributed by atoms with Gasteiger partial charge in [-0.2, -0.15) is 0 Å². The first-order valence-electron chi connectivity index (χ1n) is 8.47. The van der Waals surface area contributed by atoms with E-state index in [1.165, 1.54) is 44.3 Å². The van der Waals surface area contributed by atoms with Crippen molar-refractivity contribution in [1.82, 2.24) is 9.80 Å². The number of nitrogens with two attached hydrogens (primary N) is 1. The van der Waals surface area contributed by atoms with Crippen molar-refractivity contribution in [3.63, 3.8) is 0 Å². The molecule has 2 N–H and O–H groups in total. The van der Waals surface area contributed by atoms with Crippen LogP contribution >= 0.6 is 0 Å². The van der Waals surface area contributed by atoms with Crippen molar-refractivity contribution in [2.45, 2.75) is 43.7 Å². The lowest BCUT2D eigenvalue weighted by atomic mass is 9.80. The zero-order valence-corrected chi connectivity index (χ0v) is 13.2. The fourth-order valence-electron chi connectivity index (χ4n) is 4.18. The Kier molecular flexibility index (Phi) is 4.94. The number of nitrogens with zero attached hydrogens (tertiary/aromatic N) is 2. The second-order valence-corrected chi connectivity index (χ2v) is 6.81. The second-order valence-electron chi connectivity index (χ2n) is 6.81. The Morgan fingerprint density at radius 3 is 2.43 bits per heavy atom. The Hall–Kier alpha value is -0.900. The van der Waals surface area contributed by atoms with Crippen LogP contribution in [0.5, 0.6) is 0 Å². The summed E-state index contributed by atoms with van der Waals surface area (Å²) >= 11 is 0. The molecule has 1 aliphatic heterocycles. The van der Waals surface area contributed by atoms with Crippen molar-refractivity contribution in [1.29, 1.82) is 0 Å². The van der Waals surface area contributed by atoms with Crippen LogP contribution in [0.15, 0.2) is 30.3 Å². The van der Waals surface area contributed by atoms with Gasteiger partial charge in [-0.05, 0) is 44.2 Å². The van der Waals surface area contributed by atoms with E-state index in [1.807, 2.05) is 0 Å². The number of hydrogen-bond donors (Lipinski definition) is 1. The Balaban J connectivity index is 1.58. The lowest BCUT2D eigenvalue weighted by Crippen LogP contribution is -2.58. The number of rotatable bonds is 3. The monoisotopic (exact) mass is 287 g/mol. The van der Waals surface area contributed by atoms with Gasteiger partial charge in [0.15, 0.2) is 0 Å². The summed E-state index contributed by atoms with van der Waals surface area (Å²) in [5.41, 5.74) is 7.54. The van der Waals surface area contributed by atoms with Crippen LogP contribution < -0.4 is 5.73 Å². The molecule has 21 heavy (non-hydrogen) atoms. The van der Waals surface area contributed by atoms with Crippen LogP contribution in [0, 0.1) is 0 Å². The zero-order chi connectivity index (χ0) is 14.7. The molecule has 0 aromatic heterocycles. The molecule has 3 nitrogen and oxygen atoms in total. The average molecular weight is 287 g/mol. The van der Waals surface area contributed by atoms with Gasteiger partial charge >= 0.3 is 0 Å². The second kappa shape index (κ2) is 6.91. The molecule has 2 fully saturated rings. The molecule has 1 aromatic rings. The normalized spacial score (nSPS) is 32.2. The first kappa shape index (κ1) is 15.0. The average Bonchev–Trinajstić information content (AvgIpc) is 2.56. The van der Waals surface area contributed by atoms with Gasteiger partial charge in [0.05, 0.1) is 0 Å². The molecule has 1 unspecified atom stereocenters. The third kappa shape index (κ3) is 3.47. The molecule has 3 heteroatoms. The van der Waals surface area contributed by atoms with E-state index in [2.05, 4.69) is 47.2 Å². The third-order valence-corrected chi connectivity index (χ3v) is 5.44. The molecule has 1 atom stereocenters. The van der Waals surface area contributed by atoms with Crippen molar-refractivity contribution in [2.24, 2.45) is 5.73 Å². The van der Waals surface area contributed by atoms with Crippen LogP contribution in [0.1, 0.15) is 37.2 Å². The SMILES string of the molecule is CN1CCN(C2CCC(c3ccccc3)CC2)C(CN)C1. The molecular formula is C18H29N3. The van der Waals surface area contributed by atoms with Gasteiger partial charge in [-0.25, -0.2) is 0 Å². The van der Waals surface area contributed by atoms with E-state index >= 15 is 0 Å². The third-order valence-electron chi connectivity index (χ3n) is 5.44. The number of likely N-dealkylation sites (N-methyl/N-ethyl adjacent to an activating group) is 1. The highest BCUT2D eigenvalue weighted by molar-refractivity contribution is 5.20. The van der Waals surface area contributed by atoms with E-state index in [4.69, 9.17) is 5.73 Å². The highest BCUT2D eigenvalue weighted by Crippen LogP contribution is 2.35. The molecule has 1 aromatic carbocycles. The van der Waals surface area contributed by atoms with Gasteiger partial charge in [0.25, 0.3) is 0 Å². The summed E-state index contributed by atoms with van der Waals surface area (Å²) in [5.74, 6) is 0.770. The smallest absolute Gasteiger partial charge is 0.0349 e. The predicted octanol–water partition coefficient (Wildman–Crippen LogP) is 2.29. The summed E-state index contributed by atoms with van der Waals surface area (Å²) in [7, 11) is 2.21. The molecule has 1 aliphatic carbocycles. The first-order chi connectivity index (χ1) is 10.3. The minimum atomic E-state index is 0.557. The fourth-order valence-corrected chi connectivity index (χ4v) is 4.18. The molecular weight excluding hydrogens is 258 g/mol. The van der Waals surface area contributed by atoms with Gasteiger partial charge in [0.1, 0.15) is 0 Å². The largest absolute Gasteiger partial charge is 0.329 e. The highest BCUT2D eigenvalue weighted by atomic mass is 15.3. The van der Waals surface area contributed by atoms with Crippen molar-refractivity contribution in [2.75, 3.05) is 33.2 Å². The minimum absolute atomic E-state index is 0.557. The van der Waals surface area contributed by atoms with Crippen molar-refractivity contribution in [3.05, 3.63) is 35.9 Å². The topological polar surface area (TPSA) is 32.5 Å². The summed E-state index contributed by atoms with van der Waals surface area (Å²) < 4.78 is 0. The van der Waals surface area contributed by atoms with E-state index in [0.29, 0.717) is 6.04 Å². The molecule has 0 radical (unpaired) electrons. The predicted molar refractivity (Wildman–Crippen MR) is 88.5 cm³/mol. The van der Waals surface area contributed by atoms with Crippen molar-refractivity contribution in [3.8, 4) is 0 Å². The van der Waals surface area contributed by atoms with Crippen LogP contribution in [0.2, 0.25) is 0 Å². The lowest BCUT2D eigenvalue weighted by molar-refractivity contribution is 0.0388. The quantitative estimate of drug-likeness (QED) is 0.926. The Labute approximate surface area is 129 Å². The van der Waals surface area contributed by atoms with Crippen molar-refractivity contribution >= 4 is 0 Å². The van der Waals surface area contributed by atoms with Crippen LogP contribution in [0.4, 0.5) is 0 Å². The van der Waals surface area contributed by atoms with E-state index in [1.54, 1.807) is 0 Å². The summed E-state index contributed by atoms with van der Waals surface area (Å²) in [4.78, 5) is 5.13. The van der Waals surface area contributed by atoms with Gasteiger partial charge in [0.2, 0.25) is 0 Å². The molecule has 0 amide bonds. The molecule has 1 saturated carbocycles. The lowest BCUT2D eigenvalue weighted by Gasteiger charge is -2.46. The van der Waals surface area contributed by atoms with Gasteiger partial charge in [-0.15, -0.1) is 0 Å². The van der Waals surface area contributed by atoms with Gasteiger partial charge in [0, 0.05) is 38.3 Å². The Bertz CT molecular complexity index is 425. The zero-order valence-electron chi connectivity index (χ0n) is 13.2. The number of hydrogen-bond acceptors (Lipinski definition) is 3. The number of piperazine rings is 1. The maximum Gasteiger partial charge on any atom is 0.0349 e. The molecule has 1 heterocycles. The first-order valence-corrected chi connectivity index (χ1v) is 8.47. The molecule has 3 rings (SSSR count). The molecule has 116 valence electrons. The number of benzene rings is 1. The van der Waals surface area contributed by atoms with Gasteiger partial charge in [-0.1, -0.05) is 30.3 Å². The molecule has 1 saturated heterocycles.